The molecule has 4 aromatic rings. The van der Waals surface area contributed by atoms with Crippen LogP contribution in [0.1, 0.15) is 11.5 Å². The Bertz CT molecular complexity index is 1230. The van der Waals surface area contributed by atoms with Crippen molar-refractivity contribution in [3.63, 3.8) is 0 Å². The van der Waals surface area contributed by atoms with Crippen molar-refractivity contribution >= 4 is 11.6 Å². The second-order valence-corrected chi connectivity index (χ2v) is 7.26. The van der Waals surface area contributed by atoms with Crippen molar-refractivity contribution in [1.29, 1.82) is 0 Å². The van der Waals surface area contributed by atoms with Crippen LogP contribution >= 0.6 is 0 Å². The summed E-state index contributed by atoms with van der Waals surface area (Å²) >= 11 is 0. The number of carbonyl (C=O) groups excluding carboxylic acids is 1. The van der Waals surface area contributed by atoms with Crippen LogP contribution < -0.4 is 19.5 Å². The van der Waals surface area contributed by atoms with Gasteiger partial charge in [-0.3, -0.25) is 4.79 Å². The quantitative estimate of drug-likeness (QED) is 0.379. The smallest absolute Gasteiger partial charge is 0.230 e. The molecular weight excluding hydrogens is 420 g/mol. The third-order valence-electron chi connectivity index (χ3n) is 4.98. The van der Waals surface area contributed by atoms with Gasteiger partial charge in [0.25, 0.3) is 0 Å². The highest BCUT2D eigenvalue weighted by atomic mass is 16.5. The molecule has 33 heavy (non-hydrogen) atoms. The van der Waals surface area contributed by atoms with Crippen molar-refractivity contribution in [2.24, 2.45) is 0 Å². The molecule has 0 saturated carbocycles. The normalized spacial score (nSPS) is 10.5. The largest absolute Gasteiger partial charge is 0.497 e. The number of benzene rings is 3. The number of hydrogen-bond donors (Lipinski definition) is 1. The van der Waals surface area contributed by atoms with Gasteiger partial charge in [0.05, 0.1) is 26.3 Å². The van der Waals surface area contributed by atoms with E-state index in [2.05, 4.69) is 10.3 Å². The Hall–Kier alpha value is -4.26. The Labute approximate surface area is 191 Å². The maximum Gasteiger partial charge on any atom is 0.230 e. The van der Waals surface area contributed by atoms with Gasteiger partial charge < -0.3 is 23.9 Å². The van der Waals surface area contributed by atoms with Gasteiger partial charge in [0, 0.05) is 17.3 Å². The molecule has 7 nitrogen and oxygen atoms in total. The molecule has 7 heteroatoms. The molecule has 0 aliphatic rings. The molecule has 0 fully saturated rings. The molecule has 0 atom stereocenters. The topological polar surface area (TPSA) is 82.8 Å². The maximum absolute atomic E-state index is 12.7. The first kappa shape index (κ1) is 22.0. The number of amides is 1. The van der Waals surface area contributed by atoms with Crippen molar-refractivity contribution in [2.45, 2.75) is 13.3 Å². The summed E-state index contributed by atoms with van der Waals surface area (Å²) in [6, 6.07) is 22.0. The van der Waals surface area contributed by atoms with Crippen molar-refractivity contribution in [1.82, 2.24) is 4.98 Å². The summed E-state index contributed by atoms with van der Waals surface area (Å²) in [4.78, 5) is 17.2. The summed E-state index contributed by atoms with van der Waals surface area (Å²) in [7, 11) is 3.17. The van der Waals surface area contributed by atoms with E-state index in [1.54, 1.807) is 63.6 Å². The van der Waals surface area contributed by atoms with E-state index in [1.165, 1.54) is 0 Å². The molecule has 168 valence electrons. The van der Waals surface area contributed by atoms with Gasteiger partial charge in [-0.2, -0.15) is 0 Å². The number of hydrogen-bond acceptors (Lipinski definition) is 6. The fraction of sp³-hybridized carbons (Fsp3) is 0.154. The van der Waals surface area contributed by atoms with Crippen LogP contribution in [-0.4, -0.2) is 25.1 Å². The van der Waals surface area contributed by atoms with E-state index in [-0.39, 0.29) is 12.3 Å². The average molecular weight is 444 g/mol. The van der Waals surface area contributed by atoms with Crippen LogP contribution in [0.15, 0.2) is 77.2 Å². The van der Waals surface area contributed by atoms with Gasteiger partial charge in [0.2, 0.25) is 11.8 Å². The van der Waals surface area contributed by atoms with Crippen molar-refractivity contribution in [3.05, 3.63) is 84.3 Å². The molecule has 0 bridgehead atoms. The molecule has 0 aliphatic carbocycles. The van der Waals surface area contributed by atoms with Gasteiger partial charge in [-0.1, -0.05) is 18.2 Å². The fourth-order valence-corrected chi connectivity index (χ4v) is 3.26. The summed E-state index contributed by atoms with van der Waals surface area (Å²) in [6.07, 6.45) is 0.0862. The van der Waals surface area contributed by atoms with E-state index in [9.17, 15) is 4.79 Å². The fourth-order valence-electron chi connectivity index (χ4n) is 3.26. The van der Waals surface area contributed by atoms with Crippen LogP contribution in [0, 0.1) is 6.92 Å². The van der Waals surface area contributed by atoms with Crippen molar-refractivity contribution in [2.75, 3.05) is 19.5 Å². The minimum absolute atomic E-state index is 0.0862. The van der Waals surface area contributed by atoms with Gasteiger partial charge in [0.15, 0.2) is 11.5 Å². The summed E-state index contributed by atoms with van der Waals surface area (Å²) in [6.45, 7) is 1.80. The molecule has 1 amide bonds. The number of nitrogens with zero attached hydrogens (tertiary/aromatic N) is 1. The van der Waals surface area contributed by atoms with Gasteiger partial charge in [0.1, 0.15) is 17.3 Å². The third kappa shape index (κ3) is 5.33. The monoisotopic (exact) mass is 444 g/mol. The van der Waals surface area contributed by atoms with E-state index in [0.29, 0.717) is 40.3 Å². The Morgan fingerprint density at radius 1 is 0.909 bits per heavy atom. The number of carbonyl (C=O) groups is 1. The second-order valence-electron chi connectivity index (χ2n) is 7.26. The van der Waals surface area contributed by atoms with E-state index >= 15 is 0 Å². The van der Waals surface area contributed by atoms with E-state index in [1.807, 2.05) is 30.3 Å². The molecule has 0 spiro atoms. The number of methoxy groups -OCH3 is 2. The molecule has 1 heterocycles. The lowest BCUT2D eigenvalue weighted by Gasteiger charge is -2.13. The summed E-state index contributed by atoms with van der Waals surface area (Å²) < 4.78 is 22.3. The van der Waals surface area contributed by atoms with Crippen LogP contribution in [0.3, 0.4) is 0 Å². The average Bonchev–Trinajstić information content (AvgIpc) is 3.20. The number of rotatable bonds is 8. The van der Waals surface area contributed by atoms with Crippen LogP contribution in [0.2, 0.25) is 0 Å². The Balaban J connectivity index is 1.47. The Morgan fingerprint density at radius 3 is 2.33 bits per heavy atom. The number of aryl methyl sites for hydroxylation is 1. The maximum atomic E-state index is 12.7. The van der Waals surface area contributed by atoms with E-state index < -0.39 is 0 Å². The van der Waals surface area contributed by atoms with Crippen LogP contribution in [0.5, 0.6) is 23.0 Å². The molecule has 0 radical (unpaired) electrons. The van der Waals surface area contributed by atoms with Gasteiger partial charge in [-0.25, -0.2) is 4.98 Å². The lowest BCUT2D eigenvalue weighted by Crippen LogP contribution is -2.15. The molecule has 0 saturated heterocycles. The first-order valence-corrected chi connectivity index (χ1v) is 10.4. The van der Waals surface area contributed by atoms with Gasteiger partial charge in [-0.05, 0) is 55.5 Å². The first-order chi connectivity index (χ1) is 16.1. The molecule has 3 aromatic carbocycles. The lowest BCUT2D eigenvalue weighted by molar-refractivity contribution is -0.115. The number of anilines is 1. The number of ether oxygens (including phenoxy) is 3. The zero-order valence-electron chi connectivity index (χ0n) is 18.6. The highest BCUT2D eigenvalue weighted by molar-refractivity contribution is 5.92. The standard InChI is InChI=1S/C26H24N2O5/c1-17-22(28-26(32-17)18-7-5-4-6-8-18)16-25(29)27-19-9-14-23(31-3)24(15-19)33-21-12-10-20(30-2)11-13-21/h4-15H,16H2,1-3H3,(H,27,29). The number of nitrogens with one attached hydrogen (secondary N) is 1. The zero-order chi connectivity index (χ0) is 23.2. The molecule has 0 unspecified atom stereocenters. The molecule has 1 aromatic heterocycles. The lowest BCUT2D eigenvalue weighted by atomic mass is 10.2. The minimum atomic E-state index is -0.216. The molecule has 1 N–H and O–H groups in total. The van der Waals surface area contributed by atoms with Crippen molar-refractivity contribution in [3.8, 4) is 34.5 Å². The predicted octanol–water partition coefficient (Wildman–Crippen LogP) is 5.64. The highest BCUT2D eigenvalue weighted by Gasteiger charge is 2.16. The summed E-state index contributed by atoms with van der Waals surface area (Å²) in [5.74, 6) is 3.26. The zero-order valence-corrected chi connectivity index (χ0v) is 18.6. The van der Waals surface area contributed by atoms with Gasteiger partial charge in [-0.15, -0.1) is 0 Å². The summed E-state index contributed by atoms with van der Waals surface area (Å²) in [5, 5.41) is 2.89. The molecule has 0 aliphatic heterocycles. The third-order valence-corrected chi connectivity index (χ3v) is 4.98. The Morgan fingerprint density at radius 2 is 1.64 bits per heavy atom. The molecule has 4 rings (SSSR count). The van der Waals surface area contributed by atoms with Crippen LogP contribution in [0.4, 0.5) is 5.69 Å². The summed E-state index contributed by atoms with van der Waals surface area (Å²) in [5.41, 5.74) is 2.03. The van der Waals surface area contributed by atoms with Gasteiger partial charge >= 0.3 is 0 Å². The Kier molecular flexibility index (Phi) is 6.59. The van der Waals surface area contributed by atoms with Crippen LogP contribution in [-0.2, 0) is 11.2 Å². The molecular formula is C26H24N2O5. The highest BCUT2D eigenvalue weighted by Crippen LogP contribution is 2.34. The number of oxazole rings is 1. The first-order valence-electron chi connectivity index (χ1n) is 10.4. The number of aromatic nitrogens is 1. The van der Waals surface area contributed by atoms with E-state index in [4.69, 9.17) is 18.6 Å². The SMILES string of the molecule is COc1ccc(Oc2cc(NC(=O)Cc3nc(-c4ccccc4)oc3C)ccc2OC)cc1. The predicted molar refractivity (Wildman–Crippen MR) is 125 cm³/mol. The van der Waals surface area contributed by atoms with Crippen LogP contribution in [0.25, 0.3) is 11.5 Å². The minimum Gasteiger partial charge on any atom is -0.497 e. The van der Waals surface area contributed by atoms with Crippen molar-refractivity contribution < 1.29 is 23.4 Å². The van der Waals surface area contributed by atoms with E-state index in [0.717, 1.165) is 11.3 Å². The second kappa shape index (κ2) is 9.91.